The van der Waals surface area contributed by atoms with Gasteiger partial charge in [0.15, 0.2) is 5.82 Å². The zero-order valence-corrected chi connectivity index (χ0v) is 15.1. The predicted octanol–water partition coefficient (Wildman–Crippen LogP) is 6.60. The van der Waals surface area contributed by atoms with E-state index in [9.17, 15) is 26.3 Å². The van der Waals surface area contributed by atoms with E-state index >= 15 is 0 Å². The molecule has 0 radical (unpaired) electrons. The summed E-state index contributed by atoms with van der Waals surface area (Å²) in [5, 5.41) is 3.05. The summed E-state index contributed by atoms with van der Waals surface area (Å²) in [6, 6.07) is 4.41. The topological polar surface area (TPSA) is 22.8 Å². The van der Waals surface area contributed by atoms with Gasteiger partial charge in [-0.3, -0.25) is 0 Å². The highest BCUT2D eigenvalue weighted by Crippen LogP contribution is 2.43. The van der Waals surface area contributed by atoms with Gasteiger partial charge in [-0.25, -0.2) is 4.68 Å². The molecule has 0 bridgehead atoms. The number of aromatic nitrogens is 3. The van der Waals surface area contributed by atoms with E-state index in [1.165, 1.54) is 17.0 Å². The summed E-state index contributed by atoms with van der Waals surface area (Å²) in [6.45, 7) is 0. The fourth-order valence-corrected chi connectivity index (χ4v) is 3.61. The Kier molecular flexibility index (Phi) is 5.17. The zero-order valence-electron chi connectivity index (χ0n) is 12.8. The van der Waals surface area contributed by atoms with Crippen LogP contribution in [0.15, 0.2) is 47.8 Å². The Morgan fingerprint density at radius 1 is 0.926 bits per heavy atom. The third kappa shape index (κ3) is 4.22. The molecule has 0 aliphatic carbocycles. The first kappa shape index (κ1) is 20.0. The Hall–Kier alpha value is -1.78. The van der Waals surface area contributed by atoms with Crippen molar-refractivity contribution in [3.05, 3.63) is 58.5 Å². The van der Waals surface area contributed by atoms with Crippen LogP contribution >= 0.6 is 35.0 Å². The highest BCUT2D eigenvalue weighted by Gasteiger charge is 2.35. The van der Waals surface area contributed by atoms with Crippen LogP contribution in [0, 0.1) is 0 Å². The second-order valence-electron chi connectivity index (χ2n) is 5.17. The monoisotopic (exact) mass is 445 g/mol. The molecule has 0 N–H and O–H groups in total. The van der Waals surface area contributed by atoms with E-state index in [-0.39, 0.29) is 16.4 Å². The second-order valence-corrected chi connectivity index (χ2v) is 7.09. The summed E-state index contributed by atoms with van der Waals surface area (Å²) in [6.07, 6.45) is -0.825. The predicted molar refractivity (Wildman–Crippen MR) is 89.8 cm³/mol. The molecule has 144 valence electrons. The number of halogens is 8. The molecule has 1 aromatic carbocycles. The molecule has 0 amide bonds. The quantitative estimate of drug-likeness (QED) is 0.334. The summed E-state index contributed by atoms with van der Waals surface area (Å²) in [7, 11) is 0. The van der Waals surface area contributed by atoms with Crippen LogP contribution in [-0.4, -0.2) is 19.9 Å². The van der Waals surface area contributed by atoms with Crippen molar-refractivity contribution >= 4 is 35.0 Å². The molecule has 0 unspecified atom stereocenters. The Bertz CT molecular complexity index is 940. The lowest BCUT2D eigenvalue weighted by atomic mass is 10.2. The third-order valence-electron chi connectivity index (χ3n) is 3.34. The molecule has 27 heavy (non-hydrogen) atoms. The van der Waals surface area contributed by atoms with E-state index in [4.69, 9.17) is 23.2 Å². The molecule has 0 spiro atoms. The lowest BCUT2D eigenvalue weighted by Gasteiger charge is -2.16. The number of rotatable bonds is 3. The van der Waals surface area contributed by atoms with E-state index in [0.717, 1.165) is 10.9 Å². The Balaban J connectivity index is 2.21. The van der Waals surface area contributed by atoms with Gasteiger partial charge in [0.1, 0.15) is 5.69 Å². The fourth-order valence-electron chi connectivity index (χ4n) is 2.33. The highest BCUT2D eigenvalue weighted by molar-refractivity contribution is 8.00. The van der Waals surface area contributed by atoms with Crippen molar-refractivity contribution in [1.29, 1.82) is 0 Å². The van der Waals surface area contributed by atoms with Gasteiger partial charge in [0, 0.05) is 12.4 Å². The Morgan fingerprint density at radius 3 is 1.96 bits per heavy atom. The molecule has 2 aromatic heterocycles. The first-order valence-electron chi connectivity index (χ1n) is 7.01. The zero-order chi connectivity index (χ0) is 20.0. The van der Waals surface area contributed by atoms with Gasteiger partial charge in [0.2, 0.25) is 0 Å². The van der Waals surface area contributed by atoms with Crippen molar-refractivity contribution in [2.75, 3.05) is 0 Å². The third-order valence-corrected chi connectivity index (χ3v) is 4.66. The highest BCUT2D eigenvalue weighted by atomic mass is 35.5. The number of thioether (sulfide) groups is 1. The van der Waals surface area contributed by atoms with Crippen LogP contribution in [0.4, 0.5) is 26.3 Å². The van der Waals surface area contributed by atoms with Gasteiger partial charge in [-0.15, -0.1) is 0 Å². The first-order chi connectivity index (χ1) is 12.5. The maximum absolute atomic E-state index is 12.9. The van der Waals surface area contributed by atoms with Crippen LogP contribution in [0.2, 0.25) is 10.0 Å². The van der Waals surface area contributed by atoms with E-state index in [0.29, 0.717) is 12.1 Å². The van der Waals surface area contributed by atoms with E-state index in [1.807, 2.05) is 0 Å². The standard InChI is InChI=1S/C15H7Cl2F6N3S/c16-9-5-8(14(18,19)20)6-10(17)12(9)26-13(25-3-1-2-4-25)11(7-24-26)27-15(21,22)23/h1-7H. The van der Waals surface area contributed by atoms with Crippen molar-refractivity contribution in [3.63, 3.8) is 0 Å². The molecule has 3 nitrogen and oxygen atoms in total. The number of alkyl halides is 6. The molecule has 3 rings (SSSR count). The molecular formula is C15H7Cl2F6N3S. The molecule has 3 aromatic rings. The minimum atomic E-state index is -4.68. The normalized spacial score (nSPS) is 12.6. The van der Waals surface area contributed by atoms with Crippen molar-refractivity contribution in [2.45, 2.75) is 16.6 Å². The smallest absolute Gasteiger partial charge is 0.308 e. The van der Waals surface area contributed by atoms with Gasteiger partial charge < -0.3 is 4.57 Å². The molecule has 0 saturated carbocycles. The van der Waals surface area contributed by atoms with Crippen molar-refractivity contribution in [2.24, 2.45) is 0 Å². The van der Waals surface area contributed by atoms with Gasteiger partial charge in [-0.1, -0.05) is 23.2 Å². The molecule has 0 atom stereocenters. The van der Waals surface area contributed by atoms with Crippen LogP contribution in [0.3, 0.4) is 0 Å². The maximum atomic E-state index is 12.9. The maximum Gasteiger partial charge on any atom is 0.446 e. The number of nitrogens with zero attached hydrogens (tertiary/aromatic N) is 3. The minimum Gasteiger partial charge on any atom is -0.308 e. The van der Waals surface area contributed by atoms with Crippen LogP contribution in [-0.2, 0) is 6.18 Å². The average molecular weight is 446 g/mol. The fraction of sp³-hybridized carbons (Fsp3) is 0.133. The van der Waals surface area contributed by atoms with Crippen molar-refractivity contribution < 1.29 is 26.3 Å². The van der Waals surface area contributed by atoms with Gasteiger partial charge >= 0.3 is 11.7 Å². The van der Waals surface area contributed by atoms with E-state index in [2.05, 4.69) is 5.10 Å². The van der Waals surface area contributed by atoms with Crippen molar-refractivity contribution in [1.82, 2.24) is 14.3 Å². The lowest BCUT2D eigenvalue weighted by molar-refractivity contribution is -0.137. The van der Waals surface area contributed by atoms with Crippen LogP contribution in [0.1, 0.15) is 5.56 Å². The first-order valence-corrected chi connectivity index (χ1v) is 8.58. The number of benzene rings is 1. The minimum absolute atomic E-state index is 0.0640. The molecule has 0 fully saturated rings. The summed E-state index contributed by atoms with van der Waals surface area (Å²) < 4.78 is 79.6. The molecule has 0 aliphatic heterocycles. The molecule has 0 saturated heterocycles. The SMILES string of the molecule is FC(F)(F)Sc1cnn(-c2c(Cl)cc(C(F)(F)F)cc2Cl)c1-n1cccc1. The Morgan fingerprint density at radius 2 is 1.48 bits per heavy atom. The van der Waals surface area contributed by atoms with Gasteiger partial charge in [-0.2, -0.15) is 31.4 Å². The summed E-state index contributed by atoms with van der Waals surface area (Å²) in [4.78, 5) is -0.272. The molecule has 2 heterocycles. The van der Waals surface area contributed by atoms with E-state index in [1.54, 1.807) is 12.1 Å². The van der Waals surface area contributed by atoms with Gasteiger partial charge in [0.05, 0.1) is 26.7 Å². The Labute approximate surface area is 162 Å². The molecule has 12 heteroatoms. The lowest BCUT2D eigenvalue weighted by Crippen LogP contribution is -2.10. The van der Waals surface area contributed by atoms with Crippen LogP contribution in [0.5, 0.6) is 0 Å². The van der Waals surface area contributed by atoms with Gasteiger partial charge in [-0.05, 0) is 36.0 Å². The number of hydrogen-bond donors (Lipinski definition) is 0. The summed E-state index contributed by atoms with van der Waals surface area (Å²) in [5.74, 6) is -0.0640. The summed E-state index contributed by atoms with van der Waals surface area (Å²) >= 11 is 11.5. The van der Waals surface area contributed by atoms with E-state index < -0.39 is 39.1 Å². The molecular weight excluding hydrogens is 439 g/mol. The van der Waals surface area contributed by atoms with Crippen molar-refractivity contribution in [3.8, 4) is 11.5 Å². The molecule has 0 aliphatic rings. The van der Waals surface area contributed by atoms with Gasteiger partial charge in [0.25, 0.3) is 0 Å². The largest absolute Gasteiger partial charge is 0.446 e. The number of hydrogen-bond acceptors (Lipinski definition) is 2. The summed E-state index contributed by atoms with van der Waals surface area (Å²) in [5.41, 5.74) is -5.84. The van der Waals surface area contributed by atoms with Crippen LogP contribution in [0.25, 0.3) is 11.5 Å². The average Bonchev–Trinajstić information content (AvgIpc) is 3.13. The van der Waals surface area contributed by atoms with Crippen LogP contribution < -0.4 is 0 Å². The second kappa shape index (κ2) is 6.99.